The molecule has 4 aliphatic rings. The first-order valence-electron chi connectivity index (χ1n) is 7.44. The average Bonchev–Trinajstić information content (AvgIpc) is 2.36. The summed E-state index contributed by atoms with van der Waals surface area (Å²) in [5, 5.41) is 9.36. The van der Waals surface area contributed by atoms with E-state index < -0.39 is 11.6 Å². The third-order valence-corrected chi connectivity index (χ3v) is 5.64. The van der Waals surface area contributed by atoms with Gasteiger partial charge in [0.1, 0.15) is 0 Å². The number of carboxylic acids is 1. The third-order valence-electron chi connectivity index (χ3n) is 5.64. The van der Waals surface area contributed by atoms with Crippen molar-refractivity contribution in [1.82, 2.24) is 0 Å². The summed E-state index contributed by atoms with van der Waals surface area (Å²) in [4.78, 5) is 22.8. The molecule has 1 N–H and O–H groups in total. The largest absolute Gasteiger partial charge is 0.475 e. The first-order chi connectivity index (χ1) is 9.56. The van der Waals surface area contributed by atoms with Crippen LogP contribution in [0.25, 0.3) is 0 Å². The van der Waals surface area contributed by atoms with Crippen molar-refractivity contribution >= 4 is 5.97 Å². The summed E-state index contributed by atoms with van der Waals surface area (Å²) in [5.41, 5.74) is 0.138. The molecule has 4 heteroatoms. The van der Waals surface area contributed by atoms with Gasteiger partial charge in [0.2, 0.25) is 5.76 Å². The van der Waals surface area contributed by atoms with Gasteiger partial charge in [-0.1, -0.05) is 0 Å². The Morgan fingerprint density at radius 3 is 2.15 bits per heavy atom. The maximum Gasteiger partial charge on any atom is 0.372 e. The van der Waals surface area contributed by atoms with Crippen LogP contribution in [0.3, 0.4) is 0 Å². The smallest absolute Gasteiger partial charge is 0.372 e. The molecular formula is C16H18O4. The Bertz CT molecular complexity index is 592. The Morgan fingerprint density at radius 2 is 1.65 bits per heavy atom. The Balaban J connectivity index is 1.85. The van der Waals surface area contributed by atoms with Crippen LogP contribution in [-0.2, 0) is 5.41 Å². The first kappa shape index (κ1) is 12.2. The summed E-state index contributed by atoms with van der Waals surface area (Å²) in [7, 11) is 0. The minimum absolute atomic E-state index is 0.0559. The normalized spacial score (nSPS) is 38.1. The van der Waals surface area contributed by atoms with Gasteiger partial charge in [0.05, 0.1) is 0 Å². The SMILES string of the molecule is O=C(O)c1oc(=O)ccc1C12CC3CC(CC(C3)C1)C2. The van der Waals surface area contributed by atoms with E-state index in [1.165, 1.54) is 25.3 Å². The number of rotatable bonds is 2. The Kier molecular flexibility index (Phi) is 2.41. The maximum atomic E-state index is 11.4. The van der Waals surface area contributed by atoms with Crippen LogP contribution in [0.2, 0.25) is 0 Å². The molecule has 4 aliphatic carbocycles. The van der Waals surface area contributed by atoms with Crippen LogP contribution in [0.1, 0.15) is 54.6 Å². The van der Waals surface area contributed by atoms with Crippen LogP contribution in [0.4, 0.5) is 0 Å². The predicted molar refractivity (Wildman–Crippen MR) is 71.8 cm³/mol. The summed E-state index contributed by atoms with van der Waals surface area (Å²) in [6.45, 7) is 0. The van der Waals surface area contributed by atoms with Crippen molar-refractivity contribution in [3.8, 4) is 0 Å². The average molecular weight is 274 g/mol. The van der Waals surface area contributed by atoms with Gasteiger partial charge in [-0.05, 0) is 62.3 Å². The van der Waals surface area contributed by atoms with Gasteiger partial charge in [0.25, 0.3) is 0 Å². The molecule has 0 atom stereocenters. The molecule has 0 unspecified atom stereocenters. The van der Waals surface area contributed by atoms with Gasteiger partial charge >= 0.3 is 11.6 Å². The molecule has 1 aromatic rings. The van der Waals surface area contributed by atoms with E-state index in [1.807, 2.05) is 0 Å². The van der Waals surface area contributed by atoms with Crippen molar-refractivity contribution in [2.24, 2.45) is 17.8 Å². The van der Waals surface area contributed by atoms with Crippen molar-refractivity contribution in [3.05, 3.63) is 33.9 Å². The Labute approximate surface area is 116 Å². The lowest BCUT2D eigenvalue weighted by molar-refractivity contribution is -0.00707. The molecule has 0 aromatic carbocycles. The molecule has 5 rings (SSSR count). The third kappa shape index (κ3) is 1.67. The maximum absolute atomic E-state index is 11.4. The molecule has 4 saturated carbocycles. The predicted octanol–water partition coefficient (Wildman–Crippen LogP) is 2.81. The number of carboxylic acid groups (broad SMARTS) is 1. The molecule has 0 aliphatic heterocycles. The molecule has 1 heterocycles. The molecule has 0 radical (unpaired) electrons. The highest BCUT2D eigenvalue weighted by Gasteiger charge is 2.53. The second-order valence-corrected chi connectivity index (χ2v) is 7.00. The van der Waals surface area contributed by atoms with E-state index in [0.29, 0.717) is 0 Å². The summed E-state index contributed by atoms with van der Waals surface area (Å²) < 4.78 is 5.00. The van der Waals surface area contributed by atoms with Gasteiger partial charge in [-0.3, -0.25) is 0 Å². The fourth-order valence-corrected chi connectivity index (χ4v) is 5.43. The summed E-state index contributed by atoms with van der Waals surface area (Å²) in [5.74, 6) is 0.951. The van der Waals surface area contributed by atoms with Crippen LogP contribution in [0, 0.1) is 17.8 Å². The van der Waals surface area contributed by atoms with Gasteiger partial charge < -0.3 is 9.52 Å². The standard InChI is InChI=1S/C16H18O4/c17-13-2-1-12(14(20-13)15(18)19)16-6-9-3-10(7-16)5-11(4-9)8-16/h1-2,9-11H,3-8H2,(H,18,19). The van der Waals surface area contributed by atoms with E-state index in [4.69, 9.17) is 4.42 Å². The zero-order valence-corrected chi connectivity index (χ0v) is 11.3. The molecule has 4 nitrogen and oxygen atoms in total. The van der Waals surface area contributed by atoms with E-state index in [2.05, 4.69) is 0 Å². The second kappa shape index (κ2) is 3.96. The minimum Gasteiger partial charge on any atom is -0.475 e. The zero-order chi connectivity index (χ0) is 13.9. The highest BCUT2D eigenvalue weighted by molar-refractivity contribution is 5.86. The molecule has 1 aromatic heterocycles. The van der Waals surface area contributed by atoms with Crippen molar-refractivity contribution in [3.63, 3.8) is 0 Å². The van der Waals surface area contributed by atoms with E-state index in [9.17, 15) is 14.7 Å². The highest BCUT2D eigenvalue weighted by Crippen LogP contribution is 2.61. The molecular weight excluding hydrogens is 256 g/mol. The zero-order valence-electron chi connectivity index (χ0n) is 11.3. The first-order valence-corrected chi connectivity index (χ1v) is 7.44. The van der Waals surface area contributed by atoms with E-state index in [1.54, 1.807) is 6.07 Å². The van der Waals surface area contributed by atoms with Crippen LogP contribution < -0.4 is 5.63 Å². The lowest BCUT2D eigenvalue weighted by Crippen LogP contribution is -2.49. The number of aromatic carboxylic acids is 1. The van der Waals surface area contributed by atoms with Gasteiger partial charge in [0.15, 0.2) is 0 Å². The Morgan fingerprint density at radius 1 is 1.10 bits per heavy atom. The summed E-state index contributed by atoms with van der Waals surface area (Å²) >= 11 is 0. The lowest BCUT2D eigenvalue weighted by atomic mass is 9.48. The van der Waals surface area contributed by atoms with E-state index in [-0.39, 0.29) is 11.2 Å². The van der Waals surface area contributed by atoms with Crippen molar-refractivity contribution in [2.45, 2.75) is 43.9 Å². The highest BCUT2D eigenvalue weighted by atomic mass is 16.4. The number of hydrogen-bond donors (Lipinski definition) is 1. The molecule has 4 fully saturated rings. The van der Waals surface area contributed by atoms with Crippen molar-refractivity contribution in [1.29, 1.82) is 0 Å². The topological polar surface area (TPSA) is 67.5 Å². The van der Waals surface area contributed by atoms with Gasteiger partial charge in [0, 0.05) is 17.0 Å². The molecule has 106 valence electrons. The fourth-order valence-electron chi connectivity index (χ4n) is 5.43. The quantitative estimate of drug-likeness (QED) is 0.900. The minimum atomic E-state index is -1.12. The second-order valence-electron chi connectivity index (χ2n) is 7.00. The summed E-state index contributed by atoms with van der Waals surface area (Å²) in [6.07, 6.45) is 7.10. The van der Waals surface area contributed by atoms with Crippen LogP contribution in [-0.4, -0.2) is 11.1 Å². The summed E-state index contributed by atoms with van der Waals surface area (Å²) in [6, 6.07) is 3.09. The molecule has 0 spiro atoms. The molecule has 0 amide bonds. The molecule has 0 saturated heterocycles. The monoisotopic (exact) mass is 274 g/mol. The van der Waals surface area contributed by atoms with Crippen LogP contribution >= 0.6 is 0 Å². The van der Waals surface area contributed by atoms with Crippen LogP contribution in [0.15, 0.2) is 21.3 Å². The number of hydrogen-bond acceptors (Lipinski definition) is 3. The lowest BCUT2D eigenvalue weighted by Gasteiger charge is -2.57. The van der Waals surface area contributed by atoms with Crippen molar-refractivity contribution < 1.29 is 14.3 Å². The molecule has 20 heavy (non-hydrogen) atoms. The van der Waals surface area contributed by atoms with Crippen molar-refractivity contribution in [2.75, 3.05) is 0 Å². The Hall–Kier alpha value is -1.58. The van der Waals surface area contributed by atoms with Gasteiger partial charge in [-0.15, -0.1) is 0 Å². The fraction of sp³-hybridized carbons (Fsp3) is 0.625. The van der Waals surface area contributed by atoms with Crippen LogP contribution in [0.5, 0.6) is 0 Å². The van der Waals surface area contributed by atoms with E-state index >= 15 is 0 Å². The number of carbonyl (C=O) groups is 1. The van der Waals surface area contributed by atoms with Gasteiger partial charge in [-0.2, -0.15) is 0 Å². The van der Waals surface area contributed by atoms with E-state index in [0.717, 1.165) is 42.6 Å². The molecule has 4 bridgehead atoms. The van der Waals surface area contributed by atoms with Gasteiger partial charge in [-0.25, -0.2) is 9.59 Å².